The quantitative estimate of drug-likeness (QED) is 0.512. The first-order valence-electron chi connectivity index (χ1n) is 10.7. The molecule has 1 amide bonds. The van der Waals surface area contributed by atoms with Gasteiger partial charge in [-0.1, -0.05) is 41.0 Å². The summed E-state index contributed by atoms with van der Waals surface area (Å²) in [5.41, 5.74) is 1.03. The largest absolute Gasteiger partial charge is 0.355 e. The van der Waals surface area contributed by atoms with E-state index in [0.717, 1.165) is 0 Å². The molecule has 3 aromatic rings. The average Bonchev–Trinajstić information content (AvgIpc) is 3.19. The molecule has 1 aromatic heterocycles. The van der Waals surface area contributed by atoms with Crippen LogP contribution in [0.4, 0.5) is 10.1 Å². The van der Waals surface area contributed by atoms with Crippen molar-refractivity contribution >= 4 is 45.4 Å². The van der Waals surface area contributed by atoms with Crippen molar-refractivity contribution in [3.63, 3.8) is 0 Å². The fourth-order valence-corrected chi connectivity index (χ4v) is 5.85. The molecule has 178 valence electrons. The van der Waals surface area contributed by atoms with Gasteiger partial charge in [-0.05, 0) is 56.2 Å². The zero-order chi connectivity index (χ0) is 24.3. The van der Waals surface area contributed by atoms with Gasteiger partial charge in [0.15, 0.2) is 10.7 Å². The van der Waals surface area contributed by atoms with E-state index in [9.17, 15) is 17.6 Å². The maximum Gasteiger partial charge on any atom is 0.248 e. The van der Waals surface area contributed by atoms with Crippen LogP contribution in [0.5, 0.6) is 0 Å². The van der Waals surface area contributed by atoms with E-state index in [2.05, 4.69) is 10.5 Å². The van der Waals surface area contributed by atoms with Gasteiger partial charge in [0, 0.05) is 29.4 Å². The molecule has 0 radical (unpaired) electrons. The van der Waals surface area contributed by atoms with Crippen LogP contribution in [0, 0.1) is 18.7 Å². The molecule has 1 saturated heterocycles. The van der Waals surface area contributed by atoms with Crippen molar-refractivity contribution in [2.45, 2.75) is 24.7 Å². The molecule has 7 nitrogen and oxygen atoms in total. The zero-order valence-corrected chi connectivity index (χ0v) is 19.9. The minimum atomic E-state index is -4.01. The van der Waals surface area contributed by atoms with Crippen molar-refractivity contribution in [1.82, 2.24) is 9.46 Å². The van der Waals surface area contributed by atoms with Gasteiger partial charge >= 0.3 is 0 Å². The second-order valence-electron chi connectivity index (χ2n) is 8.02. The minimum Gasteiger partial charge on any atom is -0.355 e. The van der Waals surface area contributed by atoms with Crippen LogP contribution in [0.3, 0.4) is 0 Å². The first-order chi connectivity index (χ1) is 16.3. The maximum atomic E-state index is 14.0. The third-order valence-electron chi connectivity index (χ3n) is 5.60. The second-order valence-corrected chi connectivity index (χ2v) is 10.3. The first kappa shape index (κ1) is 24.1. The Hall–Kier alpha value is -3.01. The minimum absolute atomic E-state index is 0.00579. The monoisotopic (exact) mass is 503 g/mol. The predicted molar refractivity (Wildman–Crippen MR) is 128 cm³/mol. The number of carbonyl (C=O) groups is 1. The van der Waals surface area contributed by atoms with Crippen LogP contribution >= 0.6 is 11.6 Å². The lowest BCUT2D eigenvalue weighted by atomic mass is 9.99. The van der Waals surface area contributed by atoms with Crippen LogP contribution in [-0.4, -0.2) is 36.9 Å². The lowest BCUT2D eigenvalue weighted by Gasteiger charge is -2.31. The number of benzene rings is 2. The molecule has 1 aliphatic rings. The van der Waals surface area contributed by atoms with E-state index in [1.165, 1.54) is 29.4 Å². The Morgan fingerprint density at radius 2 is 2.03 bits per heavy atom. The van der Waals surface area contributed by atoms with E-state index in [1.807, 2.05) is 0 Å². The Morgan fingerprint density at radius 1 is 1.24 bits per heavy atom. The number of carbonyl (C=O) groups excluding carboxylic acids is 1. The molecular weight excluding hydrogens is 481 g/mol. The summed E-state index contributed by atoms with van der Waals surface area (Å²) in [6.45, 7) is 1.82. The van der Waals surface area contributed by atoms with Gasteiger partial charge in [0.2, 0.25) is 15.9 Å². The number of nitrogens with zero attached hydrogens (tertiary/aromatic N) is 2. The molecule has 0 bridgehead atoms. The molecule has 1 N–H and O–H groups in total. The summed E-state index contributed by atoms with van der Waals surface area (Å²) in [4.78, 5) is 12.7. The molecule has 34 heavy (non-hydrogen) atoms. The Kier molecular flexibility index (Phi) is 7.16. The fourth-order valence-electron chi connectivity index (χ4n) is 3.89. The predicted octanol–water partition coefficient (Wildman–Crippen LogP) is 4.99. The number of amides is 1. The molecule has 2 aromatic carbocycles. The van der Waals surface area contributed by atoms with Gasteiger partial charge < -0.3 is 9.84 Å². The van der Waals surface area contributed by atoms with Gasteiger partial charge in [0.1, 0.15) is 11.5 Å². The van der Waals surface area contributed by atoms with Gasteiger partial charge in [-0.15, -0.1) is 0 Å². The standard InChI is InChI=1S/C24H23ClFN3O4S/c1-16-23(22(33-28-16)12-11-17-6-2-3-10-21(17)26)34(31,32)29-13-5-7-18(15-29)24(30)27-20-9-4-8-19(25)14-20/h2-4,6,8-12,14,18H,5,7,13,15H2,1H3,(H,27,30). The van der Waals surface area contributed by atoms with E-state index in [1.54, 1.807) is 42.5 Å². The molecule has 1 atom stereocenters. The Balaban J connectivity index is 1.54. The molecule has 0 spiro atoms. The number of anilines is 1. The van der Waals surface area contributed by atoms with Crippen LogP contribution in [0.2, 0.25) is 5.02 Å². The molecule has 1 fully saturated rings. The van der Waals surface area contributed by atoms with E-state index >= 15 is 0 Å². The summed E-state index contributed by atoms with van der Waals surface area (Å²) in [5, 5.41) is 7.11. The number of aromatic nitrogens is 1. The number of hydrogen-bond acceptors (Lipinski definition) is 5. The Labute approximate surface area is 202 Å². The van der Waals surface area contributed by atoms with E-state index in [-0.39, 0.29) is 40.9 Å². The molecular formula is C24H23ClFN3O4S. The topological polar surface area (TPSA) is 92.5 Å². The lowest BCUT2D eigenvalue weighted by Crippen LogP contribution is -2.43. The highest BCUT2D eigenvalue weighted by Gasteiger charge is 2.37. The number of piperidine rings is 1. The van der Waals surface area contributed by atoms with Crippen LogP contribution in [0.15, 0.2) is 57.9 Å². The highest BCUT2D eigenvalue weighted by molar-refractivity contribution is 7.89. The summed E-state index contributed by atoms with van der Waals surface area (Å²) >= 11 is 5.98. The third-order valence-corrected chi connectivity index (χ3v) is 7.86. The lowest BCUT2D eigenvalue weighted by molar-refractivity contribution is -0.120. The number of halogens is 2. The first-order valence-corrected chi connectivity index (χ1v) is 12.5. The second kappa shape index (κ2) is 10.1. The van der Waals surface area contributed by atoms with Crippen LogP contribution in [0.25, 0.3) is 12.2 Å². The van der Waals surface area contributed by atoms with Gasteiger partial charge in [-0.2, -0.15) is 4.31 Å². The van der Waals surface area contributed by atoms with E-state index in [0.29, 0.717) is 23.6 Å². The van der Waals surface area contributed by atoms with Crippen LogP contribution in [-0.2, 0) is 14.8 Å². The van der Waals surface area contributed by atoms with Gasteiger partial charge in [0.05, 0.1) is 5.92 Å². The SMILES string of the molecule is Cc1noc(C=Cc2ccccc2F)c1S(=O)(=O)N1CCCC(C(=O)Nc2cccc(Cl)c2)C1. The normalized spacial score (nSPS) is 17.2. The van der Waals surface area contributed by atoms with Crippen molar-refractivity contribution in [3.8, 4) is 0 Å². The van der Waals surface area contributed by atoms with E-state index in [4.69, 9.17) is 16.1 Å². The Morgan fingerprint density at radius 3 is 2.79 bits per heavy atom. The van der Waals surface area contributed by atoms with Crippen molar-refractivity contribution < 1.29 is 22.1 Å². The van der Waals surface area contributed by atoms with Gasteiger partial charge in [0.25, 0.3) is 0 Å². The smallest absolute Gasteiger partial charge is 0.248 e. The van der Waals surface area contributed by atoms with Crippen LogP contribution < -0.4 is 5.32 Å². The van der Waals surface area contributed by atoms with Crippen molar-refractivity contribution in [1.29, 1.82) is 0 Å². The summed E-state index contributed by atoms with van der Waals surface area (Å²) < 4.78 is 47.5. The highest BCUT2D eigenvalue weighted by atomic mass is 35.5. The number of nitrogens with one attached hydrogen (secondary N) is 1. The molecule has 1 unspecified atom stereocenters. The highest BCUT2D eigenvalue weighted by Crippen LogP contribution is 2.30. The summed E-state index contributed by atoms with van der Waals surface area (Å²) in [5.74, 6) is -1.24. The number of rotatable bonds is 6. The number of hydrogen-bond donors (Lipinski definition) is 1. The van der Waals surface area contributed by atoms with Gasteiger partial charge in [-0.3, -0.25) is 4.79 Å². The van der Waals surface area contributed by atoms with Crippen LogP contribution in [0.1, 0.15) is 29.9 Å². The maximum absolute atomic E-state index is 14.0. The van der Waals surface area contributed by atoms with Crippen molar-refractivity contribution in [2.24, 2.45) is 5.92 Å². The molecule has 0 aliphatic carbocycles. The summed E-state index contributed by atoms with van der Waals surface area (Å²) in [6, 6.07) is 12.9. The van der Waals surface area contributed by atoms with Crippen molar-refractivity contribution in [2.75, 3.05) is 18.4 Å². The summed E-state index contributed by atoms with van der Waals surface area (Å²) in [7, 11) is -4.01. The van der Waals surface area contributed by atoms with Crippen molar-refractivity contribution in [3.05, 3.63) is 76.4 Å². The third kappa shape index (κ3) is 5.22. The van der Waals surface area contributed by atoms with Gasteiger partial charge in [-0.25, -0.2) is 12.8 Å². The summed E-state index contributed by atoms with van der Waals surface area (Å²) in [6.07, 6.45) is 3.91. The molecule has 4 rings (SSSR count). The molecule has 10 heteroatoms. The number of aryl methyl sites for hydroxylation is 1. The molecule has 1 aliphatic heterocycles. The molecule has 0 saturated carbocycles. The molecule has 2 heterocycles. The van der Waals surface area contributed by atoms with E-state index < -0.39 is 21.8 Å². The number of sulfonamides is 1. The Bertz CT molecular complexity index is 1340. The zero-order valence-electron chi connectivity index (χ0n) is 18.4. The average molecular weight is 504 g/mol. The fraction of sp³-hybridized carbons (Fsp3) is 0.250.